The number of nitrogens with zero attached hydrogens (tertiary/aromatic N) is 1. The number of amides is 1. The van der Waals surface area contributed by atoms with Crippen LogP contribution in [-0.2, 0) is 17.9 Å². The average molecular weight is 249 g/mol. The Labute approximate surface area is 106 Å². The number of nitrogens with two attached hydrogens (primary N) is 2. The molecule has 0 aliphatic heterocycles. The topological polar surface area (TPSA) is 106 Å². The van der Waals surface area contributed by atoms with Crippen molar-refractivity contribution in [2.75, 3.05) is 12.4 Å². The van der Waals surface area contributed by atoms with E-state index in [1.807, 2.05) is 25.2 Å². The summed E-state index contributed by atoms with van der Waals surface area (Å²) in [6, 6.07) is 5.76. The van der Waals surface area contributed by atoms with E-state index in [1.165, 1.54) is 6.92 Å². The third kappa shape index (κ3) is 4.84. The number of nitrogens with one attached hydrogen (secondary N) is 2. The number of guanidine groups is 1. The monoisotopic (exact) mass is 249 g/mol. The fraction of sp³-hybridized carbons (Fsp3) is 0.333. The largest absolute Gasteiger partial charge is 0.370 e. The molecule has 0 bridgehead atoms. The van der Waals surface area contributed by atoms with Gasteiger partial charge in [0.2, 0.25) is 5.91 Å². The molecule has 6 heteroatoms. The van der Waals surface area contributed by atoms with E-state index in [-0.39, 0.29) is 11.9 Å². The van der Waals surface area contributed by atoms with Gasteiger partial charge in [0, 0.05) is 19.2 Å². The summed E-state index contributed by atoms with van der Waals surface area (Å²) in [5, 5.41) is 5.81. The molecule has 6 nitrogen and oxygen atoms in total. The summed E-state index contributed by atoms with van der Waals surface area (Å²) in [7, 11) is 1.86. The van der Waals surface area contributed by atoms with E-state index in [4.69, 9.17) is 11.5 Å². The van der Waals surface area contributed by atoms with Crippen LogP contribution in [0.4, 0.5) is 5.69 Å². The lowest BCUT2D eigenvalue weighted by atomic mass is 10.1. The summed E-state index contributed by atoms with van der Waals surface area (Å²) >= 11 is 0. The van der Waals surface area contributed by atoms with Crippen molar-refractivity contribution < 1.29 is 4.79 Å². The summed E-state index contributed by atoms with van der Waals surface area (Å²) in [6.07, 6.45) is 0. The van der Waals surface area contributed by atoms with Gasteiger partial charge in [0.15, 0.2) is 5.96 Å². The number of carbonyl (C=O) groups is 1. The van der Waals surface area contributed by atoms with Crippen LogP contribution in [0.1, 0.15) is 18.1 Å². The first-order valence-electron chi connectivity index (χ1n) is 5.61. The van der Waals surface area contributed by atoms with Gasteiger partial charge in [-0.15, -0.1) is 0 Å². The number of hydrogen-bond donors (Lipinski definition) is 4. The summed E-state index contributed by atoms with van der Waals surface area (Å²) in [5.74, 6) is -0.0560. The number of carbonyl (C=O) groups excluding carboxylic acids is 1. The second kappa shape index (κ2) is 6.61. The minimum absolute atomic E-state index is 0.0510. The van der Waals surface area contributed by atoms with E-state index in [1.54, 1.807) is 0 Å². The fourth-order valence-electron chi connectivity index (χ4n) is 1.62. The Morgan fingerprint density at radius 1 is 1.28 bits per heavy atom. The van der Waals surface area contributed by atoms with Gasteiger partial charge in [0.25, 0.3) is 0 Å². The molecule has 6 N–H and O–H groups in total. The van der Waals surface area contributed by atoms with Gasteiger partial charge in [-0.1, -0.05) is 6.07 Å². The van der Waals surface area contributed by atoms with Gasteiger partial charge in [-0.2, -0.15) is 0 Å². The zero-order valence-corrected chi connectivity index (χ0v) is 10.7. The standard InChI is InChI=1S/C12H19N5O/c1-8(18)17-11-4-9(6-15-2)3-10(5-11)7-16-12(13)14/h3-5,15H,6-7H2,1-2H3,(H,17,18)(H4,13,14,16). The van der Waals surface area contributed by atoms with Crippen molar-refractivity contribution in [1.82, 2.24) is 5.32 Å². The molecule has 0 spiro atoms. The molecule has 18 heavy (non-hydrogen) atoms. The second-order valence-corrected chi connectivity index (χ2v) is 3.99. The Morgan fingerprint density at radius 3 is 2.50 bits per heavy atom. The predicted octanol–water partition coefficient (Wildman–Crippen LogP) is 0.138. The molecule has 0 aliphatic carbocycles. The number of hydrogen-bond acceptors (Lipinski definition) is 3. The van der Waals surface area contributed by atoms with E-state index in [9.17, 15) is 4.79 Å². The highest BCUT2D eigenvalue weighted by Crippen LogP contribution is 2.16. The molecule has 0 radical (unpaired) electrons. The Hall–Kier alpha value is -2.08. The second-order valence-electron chi connectivity index (χ2n) is 3.99. The minimum atomic E-state index is -0.107. The Balaban J connectivity index is 2.97. The van der Waals surface area contributed by atoms with Crippen molar-refractivity contribution in [2.45, 2.75) is 20.0 Å². The summed E-state index contributed by atoms with van der Waals surface area (Å²) in [6.45, 7) is 2.58. The molecule has 0 fully saturated rings. The smallest absolute Gasteiger partial charge is 0.221 e. The van der Waals surface area contributed by atoms with E-state index in [0.29, 0.717) is 13.1 Å². The lowest BCUT2D eigenvalue weighted by molar-refractivity contribution is -0.114. The van der Waals surface area contributed by atoms with Crippen molar-refractivity contribution in [3.05, 3.63) is 29.3 Å². The van der Waals surface area contributed by atoms with Crippen LogP contribution in [0.25, 0.3) is 0 Å². The van der Waals surface area contributed by atoms with Crippen molar-refractivity contribution in [3.8, 4) is 0 Å². The van der Waals surface area contributed by atoms with Crippen LogP contribution >= 0.6 is 0 Å². The van der Waals surface area contributed by atoms with Gasteiger partial charge in [0.05, 0.1) is 6.54 Å². The zero-order valence-electron chi connectivity index (χ0n) is 10.7. The van der Waals surface area contributed by atoms with Gasteiger partial charge in [0.1, 0.15) is 0 Å². The van der Waals surface area contributed by atoms with Crippen LogP contribution in [0.15, 0.2) is 23.2 Å². The molecular formula is C12H19N5O. The zero-order chi connectivity index (χ0) is 13.5. The van der Waals surface area contributed by atoms with Crippen molar-refractivity contribution >= 4 is 17.6 Å². The van der Waals surface area contributed by atoms with Gasteiger partial charge in [-0.25, -0.2) is 4.99 Å². The Bertz CT molecular complexity index is 452. The Kier molecular flexibility index (Phi) is 5.13. The summed E-state index contributed by atoms with van der Waals surface area (Å²) in [4.78, 5) is 15.0. The molecule has 98 valence electrons. The van der Waals surface area contributed by atoms with E-state index >= 15 is 0 Å². The maximum Gasteiger partial charge on any atom is 0.221 e. The van der Waals surface area contributed by atoms with Crippen LogP contribution in [0.3, 0.4) is 0 Å². The first kappa shape index (κ1) is 14.0. The number of benzene rings is 1. The van der Waals surface area contributed by atoms with Crippen LogP contribution < -0.4 is 22.1 Å². The minimum Gasteiger partial charge on any atom is -0.370 e. The van der Waals surface area contributed by atoms with Gasteiger partial charge >= 0.3 is 0 Å². The number of rotatable bonds is 5. The normalized spacial score (nSPS) is 9.89. The molecule has 0 atom stereocenters. The number of aliphatic imine (C=N–C) groups is 1. The van der Waals surface area contributed by atoms with Crippen molar-refractivity contribution in [2.24, 2.45) is 16.5 Å². The van der Waals surface area contributed by atoms with Crippen LogP contribution in [0.5, 0.6) is 0 Å². The van der Waals surface area contributed by atoms with Crippen molar-refractivity contribution in [1.29, 1.82) is 0 Å². The average Bonchev–Trinajstić information content (AvgIpc) is 2.25. The third-order valence-electron chi connectivity index (χ3n) is 2.20. The molecule has 1 rings (SSSR count). The number of anilines is 1. The predicted molar refractivity (Wildman–Crippen MR) is 73.0 cm³/mol. The first-order chi connectivity index (χ1) is 8.51. The first-order valence-corrected chi connectivity index (χ1v) is 5.61. The highest BCUT2D eigenvalue weighted by atomic mass is 16.1. The third-order valence-corrected chi connectivity index (χ3v) is 2.20. The van der Waals surface area contributed by atoms with E-state index < -0.39 is 0 Å². The fourth-order valence-corrected chi connectivity index (χ4v) is 1.62. The highest BCUT2D eigenvalue weighted by Gasteiger charge is 2.02. The molecule has 1 amide bonds. The lowest BCUT2D eigenvalue weighted by Crippen LogP contribution is -2.22. The SMILES string of the molecule is CNCc1cc(CN=C(N)N)cc(NC(C)=O)c1. The molecule has 0 aromatic heterocycles. The van der Waals surface area contributed by atoms with Gasteiger partial charge in [-0.05, 0) is 30.3 Å². The summed E-state index contributed by atoms with van der Waals surface area (Å²) < 4.78 is 0. The molecule has 1 aromatic rings. The van der Waals surface area contributed by atoms with E-state index in [0.717, 1.165) is 16.8 Å². The molecule has 0 aliphatic rings. The van der Waals surface area contributed by atoms with Crippen molar-refractivity contribution in [3.63, 3.8) is 0 Å². The molecule has 0 saturated heterocycles. The molecule has 1 aromatic carbocycles. The maximum absolute atomic E-state index is 11.1. The van der Waals surface area contributed by atoms with Crippen LogP contribution in [0.2, 0.25) is 0 Å². The highest BCUT2D eigenvalue weighted by molar-refractivity contribution is 5.88. The molecular weight excluding hydrogens is 230 g/mol. The van der Waals surface area contributed by atoms with Gasteiger partial charge < -0.3 is 22.1 Å². The lowest BCUT2D eigenvalue weighted by Gasteiger charge is -2.09. The Morgan fingerprint density at radius 2 is 1.94 bits per heavy atom. The van der Waals surface area contributed by atoms with Crippen LogP contribution in [-0.4, -0.2) is 18.9 Å². The molecule has 0 unspecified atom stereocenters. The quantitative estimate of drug-likeness (QED) is 0.440. The van der Waals surface area contributed by atoms with Gasteiger partial charge in [-0.3, -0.25) is 4.79 Å². The van der Waals surface area contributed by atoms with Crippen LogP contribution in [0, 0.1) is 0 Å². The molecule has 0 heterocycles. The molecule has 0 saturated carbocycles. The van der Waals surface area contributed by atoms with E-state index in [2.05, 4.69) is 15.6 Å². The summed E-state index contributed by atoms with van der Waals surface area (Å²) in [5.41, 5.74) is 13.4. The maximum atomic E-state index is 11.1.